The molecular weight excluding hydrogens is 607 g/mol. The number of para-hydroxylation sites is 3. The van der Waals surface area contributed by atoms with Crippen molar-refractivity contribution in [3.05, 3.63) is 174 Å². The van der Waals surface area contributed by atoms with Gasteiger partial charge < -0.3 is 9.32 Å². The molecule has 7 aromatic carbocycles. The molecule has 0 fully saturated rings. The minimum Gasteiger partial charge on any atom is -0.455 e. The van der Waals surface area contributed by atoms with Crippen molar-refractivity contribution in [1.82, 2.24) is 0 Å². The second kappa shape index (κ2) is 10.3. The molecule has 0 aliphatic heterocycles. The fourth-order valence-corrected chi connectivity index (χ4v) is 8.96. The van der Waals surface area contributed by atoms with Gasteiger partial charge in [0.1, 0.15) is 11.2 Å². The molecule has 240 valence electrons. The zero-order chi connectivity index (χ0) is 33.8. The van der Waals surface area contributed by atoms with Crippen molar-refractivity contribution in [2.75, 3.05) is 4.90 Å². The van der Waals surface area contributed by atoms with Gasteiger partial charge in [-0.15, -0.1) is 0 Å². The van der Waals surface area contributed by atoms with Crippen molar-refractivity contribution in [3.8, 4) is 33.4 Å². The summed E-state index contributed by atoms with van der Waals surface area (Å²) in [5.41, 5.74) is 18.0. The largest absolute Gasteiger partial charge is 0.455 e. The highest BCUT2D eigenvalue weighted by Crippen LogP contribution is 2.54. The van der Waals surface area contributed by atoms with Gasteiger partial charge in [0.25, 0.3) is 0 Å². The fourth-order valence-electron chi connectivity index (χ4n) is 8.96. The van der Waals surface area contributed by atoms with Crippen LogP contribution < -0.4 is 4.90 Å². The Hall–Kier alpha value is -5.86. The van der Waals surface area contributed by atoms with Crippen LogP contribution in [0.4, 0.5) is 17.1 Å². The molecular formula is C48H37NO. The van der Waals surface area contributed by atoms with Crippen LogP contribution in [0.5, 0.6) is 0 Å². The fraction of sp³-hybridized carbons (Fsp3) is 0.125. The van der Waals surface area contributed by atoms with Gasteiger partial charge in [-0.05, 0) is 80.9 Å². The van der Waals surface area contributed by atoms with Crippen LogP contribution in [0, 0.1) is 0 Å². The number of hydrogen-bond acceptors (Lipinski definition) is 2. The van der Waals surface area contributed by atoms with Crippen LogP contribution >= 0.6 is 0 Å². The lowest BCUT2D eigenvalue weighted by molar-refractivity contribution is 0.660. The van der Waals surface area contributed by atoms with Gasteiger partial charge in [-0.2, -0.15) is 0 Å². The molecule has 1 heterocycles. The highest BCUT2D eigenvalue weighted by molar-refractivity contribution is 6.11. The average molecular weight is 644 g/mol. The van der Waals surface area contributed by atoms with Crippen LogP contribution in [0.25, 0.3) is 55.3 Å². The first-order valence-electron chi connectivity index (χ1n) is 17.6. The van der Waals surface area contributed by atoms with Gasteiger partial charge in [-0.1, -0.05) is 143 Å². The van der Waals surface area contributed by atoms with Crippen molar-refractivity contribution in [2.24, 2.45) is 0 Å². The Morgan fingerprint density at radius 1 is 0.400 bits per heavy atom. The number of furan rings is 1. The van der Waals surface area contributed by atoms with E-state index in [0.717, 1.165) is 50.1 Å². The van der Waals surface area contributed by atoms with Crippen LogP contribution in [0.15, 0.2) is 156 Å². The molecule has 1 aromatic heterocycles. The first-order valence-corrected chi connectivity index (χ1v) is 17.6. The summed E-state index contributed by atoms with van der Waals surface area (Å²) in [4.78, 5) is 2.46. The summed E-state index contributed by atoms with van der Waals surface area (Å²) in [6.45, 7) is 9.41. The molecule has 8 aromatic rings. The first-order chi connectivity index (χ1) is 24.3. The maximum absolute atomic E-state index is 6.61. The van der Waals surface area contributed by atoms with E-state index in [4.69, 9.17) is 4.42 Å². The third kappa shape index (κ3) is 3.96. The molecule has 2 nitrogen and oxygen atoms in total. The number of hydrogen-bond donors (Lipinski definition) is 0. The van der Waals surface area contributed by atoms with Gasteiger partial charge in [-0.25, -0.2) is 0 Å². The van der Waals surface area contributed by atoms with Gasteiger partial charge in [0.15, 0.2) is 0 Å². The minimum absolute atomic E-state index is 0.0620. The monoisotopic (exact) mass is 643 g/mol. The highest BCUT2D eigenvalue weighted by atomic mass is 16.3. The smallest absolute Gasteiger partial charge is 0.143 e. The predicted molar refractivity (Wildman–Crippen MR) is 209 cm³/mol. The summed E-state index contributed by atoms with van der Waals surface area (Å²) in [7, 11) is 0. The molecule has 2 heteroatoms. The SMILES string of the molecule is CC1(C)c2ccccc2-c2cc(N(c3ccc4c(c3)C(C)(C)c3ccccc3-4)c3ccccc3-c3cccc4c3oc3ccccc34)ccc21. The molecule has 0 spiro atoms. The van der Waals surface area contributed by atoms with Gasteiger partial charge in [-0.3, -0.25) is 0 Å². The van der Waals surface area contributed by atoms with E-state index in [1.807, 2.05) is 6.07 Å². The molecule has 50 heavy (non-hydrogen) atoms. The van der Waals surface area contributed by atoms with Crippen molar-refractivity contribution in [1.29, 1.82) is 0 Å². The lowest BCUT2D eigenvalue weighted by atomic mass is 9.82. The Morgan fingerprint density at radius 2 is 0.940 bits per heavy atom. The Labute approximate surface area is 293 Å². The summed E-state index contributed by atoms with van der Waals surface area (Å²) in [6, 6.07) is 55.6. The van der Waals surface area contributed by atoms with E-state index in [-0.39, 0.29) is 10.8 Å². The van der Waals surface area contributed by atoms with Crippen molar-refractivity contribution in [2.45, 2.75) is 38.5 Å². The molecule has 0 saturated heterocycles. The molecule has 0 unspecified atom stereocenters. The quantitative estimate of drug-likeness (QED) is 0.190. The van der Waals surface area contributed by atoms with Crippen LogP contribution in [-0.2, 0) is 10.8 Å². The maximum atomic E-state index is 6.61. The lowest BCUT2D eigenvalue weighted by Gasteiger charge is -2.30. The van der Waals surface area contributed by atoms with Crippen LogP contribution in [-0.4, -0.2) is 0 Å². The maximum Gasteiger partial charge on any atom is 0.143 e. The number of rotatable bonds is 4. The zero-order valence-electron chi connectivity index (χ0n) is 28.8. The molecule has 2 aliphatic rings. The van der Waals surface area contributed by atoms with E-state index in [1.54, 1.807) is 0 Å². The van der Waals surface area contributed by atoms with Crippen molar-refractivity contribution in [3.63, 3.8) is 0 Å². The van der Waals surface area contributed by atoms with Crippen LogP contribution in [0.2, 0.25) is 0 Å². The van der Waals surface area contributed by atoms with Crippen LogP contribution in [0.1, 0.15) is 49.9 Å². The highest BCUT2D eigenvalue weighted by Gasteiger charge is 2.37. The molecule has 2 aliphatic carbocycles. The molecule has 0 bridgehead atoms. The van der Waals surface area contributed by atoms with Crippen LogP contribution in [0.3, 0.4) is 0 Å². The predicted octanol–water partition coefficient (Wildman–Crippen LogP) is 13.3. The van der Waals surface area contributed by atoms with Crippen molar-refractivity contribution < 1.29 is 4.42 Å². The number of fused-ring (bicyclic) bond motifs is 9. The molecule has 0 atom stereocenters. The topological polar surface area (TPSA) is 16.4 Å². The molecule has 0 N–H and O–H groups in total. The second-order valence-corrected chi connectivity index (χ2v) is 14.9. The standard InChI is InChI=1S/C48H37NO/c1-47(2)41-21-10-6-15-33(41)39-28-30(25-27-42(39)47)49(31-24-26-34-32-14-5-9-20-40(32)48(3,4)43(34)29-31)44-22-11-7-16-35(44)37-18-13-19-38-36-17-8-12-23-45(36)50-46(37)38/h5-29H,1-4H3. The molecule has 0 radical (unpaired) electrons. The van der Waals surface area contributed by atoms with E-state index in [0.29, 0.717) is 0 Å². The Morgan fingerprint density at radius 3 is 1.74 bits per heavy atom. The van der Waals surface area contributed by atoms with Gasteiger partial charge >= 0.3 is 0 Å². The Bertz CT molecular complexity index is 2670. The van der Waals surface area contributed by atoms with Gasteiger partial charge in [0.05, 0.1) is 5.69 Å². The Kier molecular flexibility index (Phi) is 6.01. The molecule has 10 rings (SSSR count). The summed E-state index contributed by atoms with van der Waals surface area (Å²) >= 11 is 0. The minimum atomic E-state index is -0.117. The number of benzene rings is 7. The number of anilines is 3. The average Bonchev–Trinajstić information content (AvgIpc) is 3.72. The summed E-state index contributed by atoms with van der Waals surface area (Å²) in [6.07, 6.45) is 0. The van der Waals surface area contributed by atoms with E-state index < -0.39 is 0 Å². The van der Waals surface area contributed by atoms with E-state index in [2.05, 4.69) is 178 Å². The number of nitrogens with zero attached hydrogens (tertiary/aromatic N) is 1. The van der Waals surface area contributed by atoms with Gasteiger partial charge in [0.2, 0.25) is 0 Å². The Balaban J connectivity index is 1.23. The molecule has 0 saturated carbocycles. The van der Waals surface area contributed by atoms with E-state index >= 15 is 0 Å². The summed E-state index contributed by atoms with van der Waals surface area (Å²) in [5, 5.41) is 2.27. The second-order valence-electron chi connectivity index (χ2n) is 14.9. The van der Waals surface area contributed by atoms with E-state index in [9.17, 15) is 0 Å². The third-order valence-corrected chi connectivity index (χ3v) is 11.5. The molecule has 0 amide bonds. The first kappa shape index (κ1) is 29.1. The van der Waals surface area contributed by atoms with E-state index in [1.165, 1.54) is 44.5 Å². The lowest BCUT2D eigenvalue weighted by Crippen LogP contribution is -2.17. The summed E-state index contributed by atoms with van der Waals surface area (Å²) < 4.78 is 6.61. The van der Waals surface area contributed by atoms with Crippen molar-refractivity contribution >= 4 is 39.0 Å². The normalized spacial score (nSPS) is 14.7. The summed E-state index contributed by atoms with van der Waals surface area (Å²) in [5.74, 6) is 0. The zero-order valence-corrected chi connectivity index (χ0v) is 28.8. The van der Waals surface area contributed by atoms with Gasteiger partial charge in [0, 0.05) is 44.1 Å². The third-order valence-electron chi connectivity index (χ3n) is 11.5.